The molecule has 2 N–H and O–H groups in total. The molecule has 0 aliphatic rings. The number of carbonyl (C=O) groups excluding carboxylic acids is 1. The van der Waals surface area contributed by atoms with E-state index >= 15 is 0 Å². The van der Waals surface area contributed by atoms with Crippen LogP contribution >= 0.6 is 0 Å². The lowest BCUT2D eigenvalue weighted by molar-refractivity contribution is -0.137. The van der Waals surface area contributed by atoms with Crippen molar-refractivity contribution >= 4 is 12.3 Å². The molecule has 0 aromatic carbocycles. The van der Waals surface area contributed by atoms with Gasteiger partial charge in [0.25, 0.3) is 0 Å². The maximum absolute atomic E-state index is 10.4. The van der Waals surface area contributed by atoms with E-state index in [2.05, 4.69) is 5.32 Å². The third kappa shape index (κ3) is 7.46. The van der Waals surface area contributed by atoms with Gasteiger partial charge >= 0.3 is 5.97 Å². The van der Waals surface area contributed by atoms with Crippen LogP contribution in [-0.4, -0.2) is 28.9 Å². The van der Waals surface area contributed by atoms with Crippen LogP contribution in [0.1, 0.15) is 33.6 Å². The lowest BCUT2D eigenvalue weighted by atomic mass is 10.1. The second kappa shape index (κ2) is 4.97. The van der Waals surface area contributed by atoms with E-state index in [0.29, 0.717) is 0 Å². The average molecular weight is 186 g/mol. The molecule has 13 heavy (non-hydrogen) atoms. The Morgan fingerprint density at radius 2 is 2.08 bits per heavy atom. The number of hydrogen-bond acceptors (Lipinski definition) is 3. The summed E-state index contributed by atoms with van der Waals surface area (Å²) in [7, 11) is 0. The second-order valence-electron chi connectivity index (χ2n) is 4.00. The predicted octanol–water partition coefficient (Wildman–Crippen LogP) is 0.718. The van der Waals surface area contributed by atoms with Gasteiger partial charge in [-0.2, -0.15) is 0 Å². The zero-order chi connectivity index (χ0) is 10.5. The maximum atomic E-state index is 10.4. The van der Waals surface area contributed by atoms with Gasteiger partial charge in [0.2, 0.25) is 6.29 Å². The van der Waals surface area contributed by atoms with Crippen molar-refractivity contribution < 1.29 is 14.7 Å². The summed E-state index contributed by atoms with van der Waals surface area (Å²) in [6.45, 7) is 5.74. The van der Waals surface area contributed by atoms with Gasteiger partial charge in [-0.3, -0.25) is 9.59 Å². The lowest BCUT2D eigenvalue weighted by Gasteiger charge is -2.24. The monoisotopic (exact) mass is 186 g/mol. The van der Waals surface area contributed by atoms with Crippen LogP contribution in [0.25, 0.3) is 0 Å². The van der Waals surface area contributed by atoms with Crippen molar-refractivity contribution in [1.29, 1.82) is 0 Å². The topological polar surface area (TPSA) is 66.4 Å². The van der Waals surface area contributed by atoms with Gasteiger partial charge in [0.1, 0.15) is 0 Å². The van der Waals surface area contributed by atoms with Gasteiger partial charge in [-0.15, -0.1) is 0 Å². The van der Waals surface area contributed by atoms with Crippen molar-refractivity contribution in [2.24, 2.45) is 0 Å². The van der Waals surface area contributed by atoms with E-state index in [1.165, 1.54) is 0 Å². The summed E-state index contributed by atoms with van der Waals surface area (Å²) in [4.78, 5) is 20.6. The molecular weight excluding hydrogens is 170 g/mol. The van der Waals surface area contributed by atoms with Crippen LogP contribution in [0.5, 0.6) is 0 Å². The van der Waals surface area contributed by atoms with Gasteiger partial charge in [-0.25, -0.2) is 0 Å². The summed E-state index contributed by atoms with van der Waals surface area (Å²) >= 11 is 0. The summed E-state index contributed by atoms with van der Waals surface area (Å²) in [6, 6.07) is -0.490. The van der Waals surface area contributed by atoms with Crippen molar-refractivity contribution in [2.75, 3.05) is 0 Å². The summed E-state index contributed by atoms with van der Waals surface area (Å²) in [5.41, 5.74) is -0.194. The summed E-state index contributed by atoms with van der Waals surface area (Å²) in [5.74, 6) is -0.893. The predicted molar refractivity (Wildman–Crippen MR) is 49.2 cm³/mol. The van der Waals surface area contributed by atoms with Crippen LogP contribution in [0.4, 0.5) is 0 Å². The largest absolute Gasteiger partial charge is 0.481 e. The Hall–Kier alpha value is -0.900. The number of carboxylic acids is 1. The number of hydrogen-bond donors (Lipinski definition) is 2. The van der Waals surface area contributed by atoms with E-state index in [1.807, 2.05) is 20.8 Å². The smallest absolute Gasteiger partial charge is 0.303 e. The minimum atomic E-state index is -0.893. The minimum Gasteiger partial charge on any atom is -0.481 e. The molecule has 75 valence electrons. The zero-order valence-corrected chi connectivity index (χ0v) is 8.26. The van der Waals surface area contributed by atoms with Crippen molar-refractivity contribution in [3.8, 4) is 0 Å². The van der Waals surface area contributed by atoms with E-state index in [-0.39, 0.29) is 18.4 Å². The normalized spacial score (nSPS) is 13.8. The Bertz CT molecular complexity index is 184. The first-order valence-corrected chi connectivity index (χ1v) is 4.22. The van der Waals surface area contributed by atoms with Gasteiger partial charge in [0.05, 0.1) is 6.04 Å². The van der Waals surface area contributed by atoms with Crippen molar-refractivity contribution in [3.05, 3.63) is 0 Å². The van der Waals surface area contributed by atoms with Crippen LogP contribution < -0.4 is 5.32 Å². The van der Waals surface area contributed by atoms with Gasteiger partial charge in [0, 0.05) is 12.0 Å². The van der Waals surface area contributed by atoms with E-state index in [1.54, 1.807) is 6.29 Å². The average Bonchev–Trinajstić information content (AvgIpc) is 1.95. The molecule has 0 aromatic heterocycles. The molecular formula is C9H16NO3. The maximum Gasteiger partial charge on any atom is 0.303 e. The van der Waals surface area contributed by atoms with Crippen molar-refractivity contribution in [2.45, 2.75) is 45.2 Å². The highest BCUT2D eigenvalue weighted by molar-refractivity contribution is 5.68. The molecule has 0 aliphatic carbocycles. The zero-order valence-electron chi connectivity index (χ0n) is 8.26. The molecule has 0 aliphatic heterocycles. The Morgan fingerprint density at radius 3 is 2.38 bits per heavy atom. The molecule has 0 aromatic rings. The highest BCUT2D eigenvalue weighted by Crippen LogP contribution is 2.04. The highest BCUT2D eigenvalue weighted by Gasteiger charge is 2.17. The van der Waals surface area contributed by atoms with E-state index < -0.39 is 12.0 Å². The summed E-state index contributed by atoms with van der Waals surface area (Å²) in [6.07, 6.45) is 2.07. The molecule has 0 bridgehead atoms. The molecule has 1 atom stereocenters. The Labute approximate surface area is 78.3 Å². The fourth-order valence-electron chi connectivity index (χ4n) is 0.951. The van der Waals surface area contributed by atoms with Crippen LogP contribution in [0.15, 0.2) is 0 Å². The third-order valence-electron chi connectivity index (χ3n) is 1.40. The standard InChI is InChI=1S/C9H16NO3/c1-9(2,3)10-7(6-11)4-5-8(12)13/h7,10H,4-5H2,1-3H3,(H,12,13)/t7-/m0/s1. The minimum absolute atomic E-state index is 0.0109. The number of rotatable bonds is 5. The molecule has 0 saturated heterocycles. The first kappa shape index (κ1) is 12.1. The molecule has 0 spiro atoms. The summed E-state index contributed by atoms with van der Waals surface area (Å²) in [5, 5.41) is 11.4. The fourth-order valence-corrected chi connectivity index (χ4v) is 0.951. The molecule has 4 heteroatoms. The SMILES string of the molecule is CC(C)(C)N[C@H]([C]=O)CCC(=O)O. The molecule has 0 amide bonds. The van der Waals surface area contributed by atoms with Gasteiger partial charge < -0.3 is 10.4 Å². The Balaban J connectivity index is 3.90. The molecule has 0 fully saturated rings. The third-order valence-corrected chi connectivity index (χ3v) is 1.40. The van der Waals surface area contributed by atoms with E-state index in [9.17, 15) is 9.59 Å². The van der Waals surface area contributed by atoms with Gasteiger partial charge in [-0.05, 0) is 27.2 Å². The molecule has 4 nitrogen and oxygen atoms in total. The van der Waals surface area contributed by atoms with Crippen LogP contribution in [0, 0.1) is 0 Å². The molecule has 0 rings (SSSR count). The number of carbonyl (C=O) groups is 1. The quantitative estimate of drug-likeness (QED) is 0.664. The van der Waals surface area contributed by atoms with Gasteiger partial charge in [-0.1, -0.05) is 0 Å². The molecule has 0 unspecified atom stereocenters. The molecule has 0 heterocycles. The number of nitrogens with one attached hydrogen (secondary N) is 1. The van der Waals surface area contributed by atoms with Crippen LogP contribution in [-0.2, 0) is 9.59 Å². The van der Waals surface area contributed by atoms with Crippen LogP contribution in [0.3, 0.4) is 0 Å². The van der Waals surface area contributed by atoms with Gasteiger partial charge in [0.15, 0.2) is 0 Å². The number of carboxylic acid groups (broad SMARTS) is 1. The summed E-state index contributed by atoms with van der Waals surface area (Å²) < 4.78 is 0. The van der Waals surface area contributed by atoms with Crippen molar-refractivity contribution in [3.63, 3.8) is 0 Å². The molecule has 0 saturated carbocycles. The second-order valence-corrected chi connectivity index (χ2v) is 4.00. The fraction of sp³-hybridized carbons (Fsp3) is 0.778. The first-order chi connectivity index (χ1) is 5.85. The van der Waals surface area contributed by atoms with E-state index in [0.717, 1.165) is 0 Å². The van der Waals surface area contributed by atoms with Crippen molar-refractivity contribution in [1.82, 2.24) is 5.32 Å². The first-order valence-electron chi connectivity index (χ1n) is 4.22. The number of aliphatic carboxylic acids is 1. The van der Waals surface area contributed by atoms with E-state index in [4.69, 9.17) is 5.11 Å². The Kier molecular flexibility index (Phi) is 4.62. The molecule has 1 radical (unpaired) electrons. The Morgan fingerprint density at radius 1 is 1.54 bits per heavy atom. The lowest BCUT2D eigenvalue weighted by Crippen LogP contribution is -2.44. The highest BCUT2D eigenvalue weighted by atomic mass is 16.4. The van der Waals surface area contributed by atoms with Crippen LogP contribution in [0.2, 0.25) is 0 Å².